The second kappa shape index (κ2) is 6.42. The van der Waals surface area contributed by atoms with Crippen LogP contribution in [0.3, 0.4) is 0 Å². The lowest BCUT2D eigenvalue weighted by Crippen LogP contribution is -2.24. The minimum atomic E-state index is -3.54. The lowest BCUT2D eigenvalue weighted by atomic mass is 10.4. The van der Waals surface area contributed by atoms with Crippen LogP contribution in [0.4, 0.5) is 0 Å². The Morgan fingerprint density at radius 3 is 2.67 bits per heavy atom. The van der Waals surface area contributed by atoms with E-state index in [1.54, 1.807) is 29.2 Å². The molecule has 21 heavy (non-hydrogen) atoms. The number of aryl methyl sites for hydroxylation is 2. The van der Waals surface area contributed by atoms with Crippen molar-refractivity contribution in [2.75, 3.05) is 7.05 Å². The number of rotatable bonds is 7. The SMILES string of the molecule is CCn1cc(S(=O)(=O)NCc2nccn2C)cc1CNC. The monoisotopic (exact) mass is 311 g/mol. The highest BCUT2D eigenvalue weighted by Crippen LogP contribution is 2.15. The summed E-state index contributed by atoms with van der Waals surface area (Å²) in [6.45, 7) is 3.51. The first-order chi connectivity index (χ1) is 9.97. The number of hydrogen-bond donors (Lipinski definition) is 2. The van der Waals surface area contributed by atoms with E-state index in [2.05, 4.69) is 15.0 Å². The molecule has 2 aromatic rings. The van der Waals surface area contributed by atoms with Crippen molar-refractivity contribution < 1.29 is 8.42 Å². The molecule has 0 amide bonds. The first-order valence-corrected chi connectivity index (χ1v) is 8.25. The van der Waals surface area contributed by atoms with Gasteiger partial charge in [0.15, 0.2) is 0 Å². The Hall–Kier alpha value is -1.64. The molecular formula is C13H21N5O2S. The Labute approximate surface area is 125 Å². The summed E-state index contributed by atoms with van der Waals surface area (Å²) in [5, 5.41) is 3.04. The quantitative estimate of drug-likeness (QED) is 0.777. The van der Waals surface area contributed by atoms with Crippen LogP contribution in [0, 0.1) is 0 Å². The van der Waals surface area contributed by atoms with E-state index in [0.717, 1.165) is 12.2 Å². The summed E-state index contributed by atoms with van der Waals surface area (Å²) in [4.78, 5) is 4.38. The number of nitrogens with zero attached hydrogens (tertiary/aromatic N) is 3. The molecule has 0 bridgehead atoms. The Morgan fingerprint density at radius 2 is 2.10 bits per heavy atom. The topological polar surface area (TPSA) is 81.0 Å². The van der Waals surface area contributed by atoms with Crippen molar-refractivity contribution in [2.24, 2.45) is 7.05 Å². The maximum absolute atomic E-state index is 12.3. The van der Waals surface area contributed by atoms with Gasteiger partial charge >= 0.3 is 0 Å². The fraction of sp³-hybridized carbons (Fsp3) is 0.462. The minimum Gasteiger partial charge on any atom is -0.349 e. The Bertz CT molecular complexity index is 702. The van der Waals surface area contributed by atoms with Crippen molar-refractivity contribution in [1.82, 2.24) is 24.2 Å². The Kier molecular flexibility index (Phi) is 4.81. The predicted octanol–water partition coefficient (Wildman–Crippen LogP) is 0.439. The summed E-state index contributed by atoms with van der Waals surface area (Å²) in [7, 11) is 0.127. The molecule has 8 heteroatoms. The van der Waals surface area contributed by atoms with Crippen LogP contribution < -0.4 is 10.0 Å². The first kappa shape index (κ1) is 15.7. The normalized spacial score (nSPS) is 12.0. The third kappa shape index (κ3) is 3.52. The highest BCUT2D eigenvalue weighted by molar-refractivity contribution is 7.89. The van der Waals surface area contributed by atoms with Gasteiger partial charge < -0.3 is 14.5 Å². The van der Waals surface area contributed by atoms with Crippen LogP contribution in [0.1, 0.15) is 18.4 Å². The molecule has 0 saturated carbocycles. The van der Waals surface area contributed by atoms with Crippen LogP contribution in [-0.2, 0) is 36.7 Å². The molecule has 0 radical (unpaired) electrons. The molecule has 0 fully saturated rings. The second-order valence-corrected chi connectivity index (χ2v) is 6.53. The van der Waals surface area contributed by atoms with E-state index in [0.29, 0.717) is 12.4 Å². The summed E-state index contributed by atoms with van der Waals surface area (Å²) >= 11 is 0. The summed E-state index contributed by atoms with van der Waals surface area (Å²) in [6.07, 6.45) is 5.08. The van der Waals surface area contributed by atoms with Gasteiger partial charge in [0.2, 0.25) is 10.0 Å². The highest BCUT2D eigenvalue weighted by atomic mass is 32.2. The fourth-order valence-electron chi connectivity index (χ4n) is 2.11. The van der Waals surface area contributed by atoms with Crippen LogP contribution >= 0.6 is 0 Å². The van der Waals surface area contributed by atoms with Crippen LogP contribution in [-0.4, -0.2) is 29.6 Å². The standard InChI is InChI=1S/C13H21N5O2S/c1-4-18-10-12(7-11(18)8-14-2)21(19,20)16-9-13-15-5-6-17(13)3/h5-7,10,14,16H,4,8-9H2,1-3H3. The van der Waals surface area contributed by atoms with Crippen molar-refractivity contribution in [3.8, 4) is 0 Å². The maximum Gasteiger partial charge on any atom is 0.242 e. The van der Waals surface area contributed by atoms with Crippen LogP contribution in [0.5, 0.6) is 0 Å². The van der Waals surface area contributed by atoms with Crippen molar-refractivity contribution in [1.29, 1.82) is 0 Å². The Balaban J connectivity index is 2.17. The molecule has 0 aliphatic carbocycles. The third-order valence-electron chi connectivity index (χ3n) is 3.31. The number of imidazole rings is 1. The zero-order valence-electron chi connectivity index (χ0n) is 12.5. The van der Waals surface area contributed by atoms with Gasteiger partial charge in [-0.15, -0.1) is 0 Å². The summed E-state index contributed by atoms with van der Waals surface area (Å²) in [5.74, 6) is 0.670. The molecule has 0 unspecified atom stereocenters. The average molecular weight is 311 g/mol. The van der Waals surface area contributed by atoms with E-state index in [9.17, 15) is 8.42 Å². The van der Waals surface area contributed by atoms with Gasteiger partial charge in [0.1, 0.15) is 5.82 Å². The van der Waals surface area contributed by atoms with Gasteiger partial charge in [-0.2, -0.15) is 0 Å². The van der Waals surface area contributed by atoms with E-state index < -0.39 is 10.0 Å². The highest BCUT2D eigenvalue weighted by Gasteiger charge is 2.18. The van der Waals surface area contributed by atoms with Gasteiger partial charge in [0, 0.05) is 44.4 Å². The molecule has 7 nitrogen and oxygen atoms in total. The van der Waals surface area contributed by atoms with Gasteiger partial charge in [-0.3, -0.25) is 0 Å². The molecule has 0 saturated heterocycles. The van der Waals surface area contributed by atoms with Crippen molar-refractivity contribution in [2.45, 2.75) is 31.5 Å². The summed E-state index contributed by atoms with van der Waals surface area (Å²) in [5.41, 5.74) is 0.942. The van der Waals surface area contributed by atoms with Gasteiger partial charge in [-0.05, 0) is 20.0 Å². The number of hydrogen-bond acceptors (Lipinski definition) is 4. The Morgan fingerprint density at radius 1 is 1.33 bits per heavy atom. The lowest BCUT2D eigenvalue weighted by molar-refractivity contribution is 0.577. The molecule has 0 aliphatic heterocycles. The van der Waals surface area contributed by atoms with Crippen molar-refractivity contribution >= 4 is 10.0 Å². The molecule has 0 aromatic carbocycles. The first-order valence-electron chi connectivity index (χ1n) is 6.77. The second-order valence-electron chi connectivity index (χ2n) is 4.76. The molecular weight excluding hydrogens is 290 g/mol. The number of aromatic nitrogens is 3. The number of sulfonamides is 1. The van der Waals surface area contributed by atoms with E-state index in [1.807, 2.05) is 25.6 Å². The molecule has 0 atom stereocenters. The summed E-state index contributed by atoms with van der Waals surface area (Å²) in [6, 6.07) is 1.70. The van der Waals surface area contributed by atoms with Gasteiger partial charge in [0.05, 0.1) is 11.4 Å². The molecule has 0 spiro atoms. The maximum atomic E-state index is 12.3. The number of nitrogens with one attached hydrogen (secondary N) is 2. The van der Waals surface area contributed by atoms with Crippen LogP contribution in [0.25, 0.3) is 0 Å². The molecule has 2 rings (SSSR count). The zero-order chi connectivity index (χ0) is 15.5. The largest absolute Gasteiger partial charge is 0.349 e. The zero-order valence-corrected chi connectivity index (χ0v) is 13.3. The van der Waals surface area contributed by atoms with Gasteiger partial charge in [-0.1, -0.05) is 0 Å². The minimum absolute atomic E-state index is 0.171. The summed E-state index contributed by atoms with van der Waals surface area (Å²) < 4.78 is 31.0. The van der Waals surface area contributed by atoms with Crippen LogP contribution in [0.2, 0.25) is 0 Å². The van der Waals surface area contributed by atoms with E-state index in [4.69, 9.17) is 0 Å². The van der Waals surface area contributed by atoms with Gasteiger partial charge in [0.25, 0.3) is 0 Å². The molecule has 2 aromatic heterocycles. The van der Waals surface area contributed by atoms with Gasteiger partial charge in [-0.25, -0.2) is 18.1 Å². The third-order valence-corrected chi connectivity index (χ3v) is 4.68. The molecule has 2 N–H and O–H groups in total. The van der Waals surface area contributed by atoms with Crippen molar-refractivity contribution in [3.05, 3.63) is 36.2 Å². The predicted molar refractivity (Wildman–Crippen MR) is 80.1 cm³/mol. The molecule has 116 valence electrons. The smallest absolute Gasteiger partial charge is 0.242 e. The fourth-order valence-corrected chi connectivity index (χ4v) is 3.15. The molecule has 2 heterocycles. The van der Waals surface area contributed by atoms with E-state index >= 15 is 0 Å². The van der Waals surface area contributed by atoms with Crippen LogP contribution in [0.15, 0.2) is 29.6 Å². The average Bonchev–Trinajstić information content (AvgIpc) is 3.04. The van der Waals surface area contributed by atoms with E-state index in [-0.39, 0.29) is 11.4 Å². The van der Waals surface area contributed by atoms with E-state index in [1.165, 1.54) is 0 Å². The lowest BCUT2D eigenvalue weighted by Gasteiger charge is -2.05. The van der Waals surface area contributed by atoms with Crippen molar-refractivity contribution in [3.63, 3.8) is 0 Å². The molecule has 0 aliphatic rings.